The molecule has 2 rings (SSSR count). The van der Waals surface area contributed by atoms with E-state index in [0.717, 1.165) is 13.1 Å². The van der Waals surface area contributed by atoms with Crippen molar-refractivity contribution in [3.8, 4) is 0 Å². The number of nitrogens with one attached hydrogen (secondary N) is 1. The fraction of sp³-hybridized carbons (Fsp3) is 0.571. The molecule has 2 heterocycles. The average Bonchev–Trinajstić information content (AvgIpc) is 2.48. The molecule has 0 aromatic carbocycles. The van der Waals surface area contributed by atoms with Gasteiger partial charge in [-0.15, -0.1) is 0 Å². The van der Waals surface area contributed by atoms with Crippen LogP contribution in [0, 0.1) is 0 Å². The molecule has 8 nitrogen and oxygen atoms in total. The van der Waals surface area contributed by atoms with Crippen LogP contribution in [0.4, 0.5) is 5.82 Å². The largest absolute Gasteiger partial charge is 0.462 e. The first-order valence-electron chi connectivity index (χ1n) is 7.02. The van der Waals surface area contributed by atoms with Gasteiger partial charge in [-0.1, -0.05) is 0 Å². The summed E-state index contributed by atoms with van der Waals surface area (Å²) >= 11 is 0. The second-order valence-corrected chi connectivity index (χ2v) is 5.70. The minimum atomic E-state index is -0.318. The van der Waals surface area contributed by atoms with E-state index in [1.807, 2.05) is 20.8 Å². The average molecular weight is 309 g/mol. The van der Waals surface area contributed by atoms with Gasteiger partial charge in [0.25, 0.3) is 12.4 Å². The highest BCUT2D eigenvalue weighted by molar-refractivity contribution is 5.92. The van der Waals surface area contributed by atoms with Gasteiger partial charge in [-0.3, -0.25) is 9.59 Å². The van der Waals surface area contributed by atoms with Crippen LogP contribution in [-0.4, -0.2) is 59.0 Å². The molecule has 122 valence electrons. The summed E-state index contributed by atoms with van der Waals surface area (Å²) in [5.41, 5.74) is 5.43. The van der Waals surface area contributed by atoms with E-state index >= 15 is 0 Å². The van der Waals surface area contributed by atoms with E-state index < -0.39 is 0 Å². The van der Waals surface area contributed by atoms with E-state index in [0.29, 0.717) is 31.1 Å². The lowest BCUT2D eigenvalue weighted by atomic mass is 10.2. The minimum absolute atomic E-state index is 0.0796. The Kier molecular flexibility index (Phi) is 6.71. The topological polar surface area (TPSA) is 110 Å². The lowest BCUT2D eigenvalue weighted by molar-refractivity contribution is -0.138. The molecule has 0 spiro atoms. The summed E-state index contributed by atoms with van der Waals surface area (Å²) in [6.45, 7) is 9.00. The van der Waals surface area contributed by atoms with E-state index in [1.165, 1.54) is 12.4 Å². The monoisotopic (exact) mass is 309 g/mol. The molecule has 22 heavy (non-hydrogen) atoms. The Hall–Kier alpha value is -2.22. The van der Waals surface area contributed by atoms with E-state index in [4.69, 9.17) is 5.73 Å². The number of nitrogens with two attached hydrogens (primary N) is 1. The number of nitrogen functional groups attached to an aromatic ring is 1. The van der Waals surface area contributed by atoms with Gasteiger partial charge in [0.05, 0.1) is 12.4 Å². The van der Waals surface area contributed by atoms with Crippen molar-refractivity contribution in [2.45, 2.75) is 26.4 Å². The summed E-state index contributed by atoms with van der Waals surface area (Å²) in [7, 11) is 0. The number of hydrogen-bond acceptors (Lipinski definition) is 7. The summed E-state index contributed by atoms with van der Waals surface area (Å²) in [5, 5.41) is 3.18. The summed E-state index contributed by atoms with van der Waals surface area (Å²) in [5.74, 6) is 0.246. The summed E-state index contributed by atoms with van der Waals surface area (Å²) < 4.78 is 4.55. The molecule has 1 saturated heterocycles. The Morgan fingerprint density at radius 3 is 2.36 bits per heavy atom. The van der Waals surface area contributed by atoms with Crippen LogP contribution in [0.5, 0.6) is 0 Å². The smallest absolute Gasteiger partial charge is 0.293 e. The van der Waals surface area contributed by atoms with E-state index in [-0.39, 0.29) is 11.5 Å². The van der Waals surface area contributed by atoms with Crippen molar-refractivity contribution in [2.75, 3.05) is 31.9 Å². The molecule has 0 aliphatic carbocycles. The van der Waals surface area contributed by atoms with Gasteiger partial charge in [-0.05, 0) is 20.8 Å². The van der Waals surface area contributed by atoms with Gasteiger partial charge < -0.3 is 20.7 Å². The first-order chi connectivity index (χ1) is 10.3. The van der Waals surface area contributed by atoms with Crippen LogP contribution in [0.1, 0.15) is 31.3 Å². The fourth-order valence-electron chi connectivity index (χ4n) is 1.62. The number of carbonyl (C=O) groups is 2. The van der Waals surface area contributed by atoms with Crippen LogP contribution >= 0.6 is 0 Å². The Bertz CT molecular complexity index is 478. The maximum Gasteiger partial charge on any atom is 0.293 e. The molecule has 1 aromatic rings. The van der Waals surface area contributed by atoms with Crippen molar-refractivity contribution in [2.24, 2.45) is 0 Å². The predicted molar refractivity (Wildman–Crippen MR) is 82.1 cm³/mol. The Balaban J connectivity index is 0.000000295. The van der Waals surface area contributed by atoms with Gasteiger partial charge in [-0.2, -0.15) is 0 Å². The number of anilines is 1. The highest BCUT2D eigenvalue weighted by atomic mass is 16.5. The lowest BCUT2D eigenvalue weighted by Crippen LogP contribution is -2.46. The molecule has 1 amide bonds. The van der Waals surface area contributed by atoms with Gasteiger partial charge in [0.2, 0.25) is 0 Å². The molecule has 1 aliphatic heterocycles. The van der Waals surface area contributed by atoms with Gasteiger partial charge in [0.15, 0.2) is 0 Å². The number of rotatable bonds is 2. The molecule has 8 heteroatoms. The molecule has 1 aliphatic rings. The number of piperazine rings is 1. The third-order valence-electron chi connectivity index (χ3n) is 2.70. The molecule has 1 aromatic heterocycles. The van der Waals surface area contributed by atoms with E-state index in [2.05, 4.69) is 20.0 Å². The van der Waals surface area contributed by atoms with Crippen LogP contribution < -0.4 is 11.1 Å². The van der Waals surface area contributed by atoms with E-state index in [9.17, 15) is 9.59 Å². The molecule has 0 radical (unpaired) electrons. The third-order valence-corrected chi connectivity index (χ3v) is 2.70. The SMILES string of the molecule is CC(C)(C)OC=O.Nc1cnc(C(=O)N2CCNCC2)cn1. The standard InChI is InChI=1S/C9H13N5O.C5H10O2/c10-8-6-12-7(5-13-8)9(15)14-3-1-11-2-4-14;1-5(2,3)7-4-6/h5-6,11H,1-4H2,(H2,10,13);4H,1-3H3. The first-order valence-corrected chi connectivity index (χ1v) is 7.02. The third kappa shape index (κ3) is 6.49. The van der Waals surface area contributed by atoms with Crippen molar-refractivity contribution in [3.63, 3.8) is 0 Å². The minimum Gasteiger partial charge on any atom is -0.462 e. The molecule has 3 N–H and O–H groups in total. The number of hydrogen-bond donors (Lipinski definition) is 2. The van der Waals surface area contributed by atoms with Crippen LogP contribution in [0.2, 0.25) is 0 Å². The highest BCUT2D eigenvalue weighted by Crippen LogP contribution is 2.03. The fourth-order valence-corrected chi connectivity index (χ4v) is 1.62. The lowest BCUT2D eigenvalue weighted by Gasteiger charge is -2.26. The zero-order chi connectivity index (χ0) is 16.6. The highest BCUT2D eigenvalue weighted by Gasteiger charge is 2.18. The van der Waals surface area contributed by atoms with Crippen molar-refractivity contribution in [1.29, 1.82) is 0 Å². The van der Waals surface area contributed by atoms with Crippen LogP contribution in [-0.2, 0) is 9.53 Å². The Labute approximate surface area is 130 Å². The number of amides is 1. The number of ether oxygens (including phenoxy) is 1. The molecule has 0 unspecified atom stereocenters. The zero-order valence-electron chi connectivity index (χ0n) is 13.2. The normalized spacial score (nSPS) is 14.6. The van der Waals surface area contributed by atoms with Crippen LogP contribution in [0.25, 0.3) is 0 Å². The number of aromatic nitrogens is 2. The Morgan fingerprint density at radius 1 is 1.32 bits per heavy atom. The van der Waals surface area contributed by atoms with Gasteiger partial charge >= 0.3 is 0 Å². The van der Waals surface area contributed by atoms with Gasteiger partial charge in [0, 0.05) is 26.2 Å². The van der Waals surface area contributed by atoms with Gasteiger partial charge in [0.1, 0.15) is 17.1 Å². The zero-order valence-corrected chi connectivity index (χ0v) is 13.2. The summed E-state index contributed by atoms with van der Waals surface area (Å²) in [6.07, 6.45) is 2.81. The quantitative estimate of drug-likeness (QED) is 0.743. The first kappa shape index (κ1) is 17.8. The molecular weight excluding hydrogens is 286 g/mol. The molecule has 0 bridgehead atoms. The van der Waals surface area contributed by atoms with Crippen molar-refractivity contribution >= 4 is 18.2 Å². The number of carbonyl (C=O) groups excluding carboxylic acids is 2. The number of nitrogens with zero attached hydrogens (tertiary/aromatic N) is 3. The van der Waals surface area contributed by atoms with Crippen molar-refractivity contribution in [1.82, 2.24) is 20.2 Å². The van der Waals surface area contributed by atoms with Gasteiger partial charge in [-0.25, -0.2) is 9.97 Å². The maximum atomic E-state index is 11.9. The van der Waals surface area contributed by atoms with Crippen LogP contribution in [0.15, 0.2) is 12.4 Å². The molecule has 0 atom stereocenters. The second kappa shape index (κ2) is 8.28. The van der Waals surface area contributed by atoms with Crippen molar-refractivity contribution in [3.05, 3.63) is 18.1 Å². The maximum absolute atomic E-state index is 11.9. The molecule has 1 fully saturated rings. The predicted octanol–water partition coefficient (Wildman–Crippen LogP) is 0.0621. The molecular formula is C14H23N5O3. The Morgan fingerprint density at radius 2 is 1.95 bits per heavy atom. The second-order valence-electron chi connectivity index (χ2n) is 5.70. The molecule has 0 saturated carbocycles. The van der Waals surface area contributed by atoms with Crippen molar-refractivity contribution < 1.29 is 14.3 Å². The van der Waals surface area contributed by atoms with E-state index in [1.54, 1.807) is 4.90 Å². The summed E-state index contributed by atoms with van der Waals surface area (Å²) in [6, 6.07) is 0. The van der Waals surface area contributed by atoms with Crippen LogP contribution in [0.3, 0.4) is 0 Å². The summed E-state index contributed by atoms with van der Waals surface area (Å²) in [4.78, 5) is 31.0.